The lowest BCUT2D eigenvalue weighted by Crippen LogP contribution is -2.66. The van der Waals surface area contributed by atoms with E-state index in [0.717, 1.165) is 12.8 Å². The largest absolute Gasteiger partial charge is 0.413 e. The highest BCUT2D eigenvalue weighted by molar-refractivity contribution is 6.74. The lowest BCUT2D eigenvalue weighted by Gasteiger charge is -2.46. The number of carbonyl (C=O) groups is 2. The van der Waals surface area contributed by atoms with Crippen molar-refractivity contribution >= 4 is 20.0 Å². The zero-order valence-corrected chi connectivity index (χ0v) is 15.2. The lowest BCUT2D eigenvalue weighted by atomic mass is 9.77. The molecule has 4 nitrogen and oxygen atoms in total. The van der Waals surface area contributed by atoms with Crippen molar-refractivity contribution < 1.29 is 14.0 Å². The van der Waals surface area contributed by atoms with Crippen molar-refractivity contribution in [3.8, 4) is 0 Å². The van der Waals surface area contributed by atoms with E-state index < -0.39 is 8.32 Å². The number of hydrogen-bond acceptors (Lipinski definition) is 3. The normalized spacial score (nSPS) is 31.8. The number of amides is 1. The number of nitrogens with one attached hydrogen (secondary N) is 1. The first-order valence-electron chi connectivity index (χ1n) is 8.05. The summed E-state index contributed by atoms with van der Waals surface area (Å²) in [6, 6.07) is -0.00716. The molecule has 5 heteroatoms. The maximum atomic E-state index is 12.0. The van der Waals surface area contributed by atoms with Crippen LogP contribution in [0.5, 0.6) is 0 Å². The summed E-state index contributed by atoms with van der Waals surface area (Å²) in [7, 11) is -1.89. The van der Waals surface area contributed by atoms with Crippen molar-refractivity contribution in [3.05, 3.63) is 0 Å². The molecule has 1 N–H and O–H groups in total. The Morgan fingerprint density at radius 1 is 1.29 bits per heavy atom. The Morgan fingerprint density at radius 2 is 1.90 bits per heavy atom. The standard InChI is InChI=1S/C16H29NO3Si/c1-10(20-21(5,6)16(2,3)4)13-14(17-15(13)19)11-8-7-9-12(11)18/h10-11,13-14H,7-9H2,1-6H3,(H,17,19)/t10-,11?,13-,14-/m1/s1. The minimum atomic E-state index is -1.89. The number of Topliss-reactive ketones (excluding diaryl/α,β-unsaturated/α-hetero) is 1. The Balaban J connectivity index is 2.05. The number of rotatable bonds is 4. The molecule has 0 spiro atoms. The Labute approximate surface area is 129 Å². The number of β-lactam (4-membered cyclic amide) rings is 1. The van der Waals surface area contributed by atoms with Gasteiger partial charge < -0.3 is 9.74 Å². The summed E-state index contributed by atoms with van der Waals surface area (Å²) < 4.78 is 6.37. The summed E-state index contributed by atoms with van der Waals surface area (Å²) in [6.45, 7) is 13.0. The van der Waals surface area contributed by atoms with Crippen LogP contribution in [-0.2, 0) is 14.0 Å². The van der Waals surface area contributed by atoms with E-state index >= 15 is 0 Å². The fourth-order valence-corrected chi connectivity index (χ4v) is 4.64. The van der Waals surface area contributed by atoms with E-state index in [1.54, 1.807) is 0 Å². The summed E-state index contributed by atoms with van der Waals surface area (Å²) in [5.41, 5.74) is 0. The quantitative estimate of drug-likeness (QED) is 0.641. The molecule has 0 aromatic heterocycles. The molecule has 2 rings (SSSR count). The molecule has 2 fully saturated rings. The van der Waals surface area contributed by atoms with Gasteiger partial charge in [-0.1, -0.05) is 20.8 Å². The summed E-state index contributed by atoms with van der Waals surface area (Å²) in [5.74, 6) is 0.208. The number of ketones is 1. The van der Waals surface area contributed by atoms with Crippen LogP contribution in [0.25, 0.3) is 0 Å². The van der Waals surface area contributed by atoms with Crippen LogP contribution >= 0.6 is 0 Å². The van der Waals surface area contributed by atoms with Gasteiger partial charge in [-0.15, -0.1) is 0 Å². The summed E-state index contributed by atoms with van der Waals surface area (Å²) in [4.78, 5) is 23.9. The molecule has 120 valence electrons. The van der Waals surface area contributed by atoms with Gasteiger partial charge in [-0.05, 0) is 37.9 Å². The molecule has 4 atom stereocenters. The van der Waals surface area contributed by atoms with Crippen molar-refractivity contribution in [3.63, 3.8) is 0 Å². The van der Waals surface area contributed by atoms with Crippen molar-refractivity contribution in [2.24, 2.45) is 11.8 Å². The Bertz CT molecular complexity index is 441. The first-order valence-corrected chi connectivity index (χ1v) is 11.0. The Hall–Kier alpha value is -0.683. The highest BCUT2D eigenvalue weighted by Gasteiger charge is 2.51. The topological polar surface area (TPSA) is 55.4 Å². The van der Waals surface area contributed by atoms with Gasteiger partial charge in [0.1, 0.15) is 5.78 Å². The molecular formula is C16H29NO3Si. The first-order chi connectivity index (χ1) is 9.54. The molecule has 1 saturated heterocycles. The van der Waals surface area contributed by atoms with Crippen LogP contribution in [-0.4, -0.2) is 32.2 Å². The first kappa shape index (κ1) is 16.7. The van der Waals surface area contributed by atoms with Crippen LogP contribution in [0.3, 0.4) is 0 Å². The third-order valence-corrected chi connectivity index (χ3v) is 10.1. The second kappa shape index (κ2) is 5.50. The van der Waals surface area contributed by atoms with Crippen LogP contribution in [0.2, 0.25) is 18.1 Å². The third kappa shape index (κ3) is 3.09. The van der Waals surface area contributed by atoms with Gasteiger partial charge in [0.15, 0.2) is 8.32 Å². The van der Waals surface area contributed by atoms with E-state index in [0.29, 0.717) is 12.2 Å². The zero-order chi connectivity index (χ0) is 16.0. The van der Waals surface area contributed by atoms with Gasteiger partial charge in [0, 0.05) is 12.3 Å². The minimum absolute atomic E-state index is 0.00716. The molecule has 2 aliphatic rings. The molecule has 21 heavy (non-hydrogen) atoms. The smallest absolute Gasteiger partial charge is 0.228 e. The van der Waals surface area contributed by atoms with Crippen LogP contribution in [0, 0.1) is 11.8 Å². The maximum Gasteiger partial charge on any atom is 0.228 e. The van der Waals surface area contributed by atoms with E-state index in [-0.39, 0.29) is 34.9 Å². The van der Waals surface area contributed by atoms with Gasteiger partial charge in [0.05, 0.1) is 18.1 Å². The predicted octanol–water partition coefficient (Wildman–Crippen LogP) is 2.88. The van der Waals surface area contributed by atoms with Gasteiger partial charge in [-0.25, -0.2) is 0 Å². The number of carbonyl (C=O) groups excluding carboxylic acids is 2. The summed E-state index contributed by atoms with van der Waals surface area (Å²) in [5, 5.41) is 3.07. The van der Waals surface area contributed by atoms with Crippen LogP contribution in [0.4, 0.5) is 0 Å². The second-order valence-electron chi connectivity index (χ2n) is 8.11. The molecule has 0 radical (unpaired) electrons. The molecular weight excluding hydrogens is 282 g/mol. The highest BCUT2D eigenvalue weighted by Crippen LogP contribution is 2.40. The maximum absolute atomic E-state index is 12.0. The monoisotopic (exact) mass is 311 g/mol. The van der Waals surface area contributed by atoms with E-state index in [1.807, 2.05) is 6.92 Å². The second-order valence-corrected chi connectivity index (χ2v) is 12.9. The summed E-state index contributed by atoms with van der Waals surface area (Å²) >= 11 is 0. The average molecular weight is 311 g/mol. The molecule has 1 aliphatic heterocycles. The predicted molar refractivity (Wildman–Crippen MR) is 85.5 cm³/mol. The van der Waals surface area contributed by atoms with Crippen LogP contribution in [0.15, 0.2) is 0 Å². The molecule has 1 amide bonds. The van der Waals surface area contributed by atoms with E-state index in [2.05, 4.69) is 39.2 Å². The van der Waals surface area contributed by atoms with Gasteiger partial charge in [-0.2, -0.15) is 0 Å². The zero-order valence-electron chi connectivity index (χ0n) is 14.2. The highest BCUT2D eigenvalue weighted by atomic mass is 28.4. The van der Waals surface area contributed by atoms with Crippen molar-refractivity contribution in [1.82, 2.24) is 5.32 Å². The molecule has 1 saturated carbocycles. The van der Waals surface area contributed by atoms with Crippen molar-refractivity contribution in [2.75, 3.05) is 0 Å². The Kier molecular flexibility index (Phi) is 4.37. The SMILES string of the molecule is C[C@@H](O[Si](C)(C)C(C)(C)C)[C@H]1C(=O)N[C@@H]1C1CCCC1=O. The van der Waals surface area contributed by atoms with E-state index in [1.165, 1.54) is 0 Å². The van der Waals surface area contributed by atoms with Crippen molar-refractivity contribution in [2.45, 2.75) is 77.2 Å². The van der Waals surface area contributed by atoms with Crippen LogP contribution in [0.1, 0.15) is 47.0 Å². The van der Waals surface area contributed by atoms with Crippen molar-refractivity contribution in [1.29, 1.82) is 0 Å². The van der Waals surface area contributed by atoms with Gasteiger partial charge in [0.25, 0.3) is 0 Å². The summed E-state index contributed by atoms with van der Waals surface area (Å²) in [6.07, 6.45) is 2.42. The fourth-order valence-electron chi connectivity index (χ4n) is 3.21. The molecule has 0 aromatic carbocycles. The number of hydrogen-bond donors (Lipinski definition) is 1. The molecule has 0 aromatic rings. The lowest BCUT2D eigenvalue weighted by molar-refractivity contribution is -0.143. The molecule has 1 aliphatic carbocycles. The van der Waals surface area contributed by atoms with Gasteiger partial charge in [0.2, 0.25) is 5.91 Å². The van der Waals surface area contributed by atoms with E-state index in [9.17, 15) is 9.59 Å². The molecule has 0 bridgehead atoms. The fraction of sp³-hybridized carbons (Fsp3) is 0.875. The van der Waals surface area contributed by atoms with Gasteiger partial charge >= 0.3 is 0 Å². The minimum Gasteiger partial charge on any atom is -0.413 e. The molecule has 1 heterocycles. The van der Waals surface area contributed by atoms with Crippen LogP contribution < -0.4 is 5.32 Å². The van der Waals surface area contributed by atoms with Gasteiger partial charge in [-0.3, -0.25) is 9.59 Å². The average Bonchev–Trinajstić information content (AvgIpc) is 2.69. The Morgan fingerprint density at radius 3 is 2.33 bits per heavy atom. The van der Waals surface area contributed by atoms with E-state index in [4.69, 9.17) is 4.43 Å². The molecule has 1 unspecified atom stereocenters. The third-order valence-electron chi connectivity index (χ3n) is 5.58.